The Morgan fingerprint density at radius 1 is 0.889 bits per heavy atom. The summed E-state index contributed by atoms with van der Waals surface area (Å²) < 4.78 is 11.6. The number of aryl methyl sites for hydroxylation is 2. The number of benzene rings is 2. The number of hydrogen-bond donors (Lipinski definition) is 1. The maximum Gasteiger partial charge on any atom is 0.262 e. The molecule has 27 heavy (non-hydrogen) atoms. The van der Waals surface area contributed by atoms with Crippen LogP contribution in [0.5, 0.6) is 11.5 Å². The molecule has 1 fully saturated rings. The lowest BCUT2D eigenvalue weighted by Gasteiger charge is -2.16. The average molecular weight is 365 g/mol. The first-order valence-corrected chi connectivity index (χ1v) is 10.1. The predicted octanol–water partition coefficient (Wildman–Crippen LogP) is 4.90. The van der Waals surface area contributed by atoms with Gasteiger partial charge in [0, 0.05) is 5.69 Å². The number of fused-ring (bicyclic) bond motifs is 1. The van der Waals surface area contributed by atoms with Crippen molar-refractivity contribution in [3.05, 3.63) is 53.6 Å². The van der Waals surface area contributed by atoms with E-state index in [1.165, 1.54) is 36.8 Å². The van der Waals surface area contributed by atoms with Crippen molar-refractivity contribution in [2.45, 2.75) is 57.5 Å². The molecule has 0 aromatic heterocycles. The Hall–Kier alpha value is -2.49. The Morgan fingerprint density at radius 2 is 1.59 bits per heavy atom. The molecule has 0 aliphatic heterocycles. The number of carbonyl (C=O) groups excluding carboxylic acids is 1. The Balaban J connectivity index is 1.26. The first kappa shape index (κ1) is 17.9. The van der Waals surface area contributed by atoms with Crippen LogP contribution in [0.4, 0.5) is 5.69 Å². The highest BCUT2D eigenvalue weighted by atomic mass is 16.5. The molecule has 4 heteroatoms. The third kappa shape index (κ3) is 4.82. The topological polar surface area (TPSA) is 47.6 Å². The van der Waals surface area contributed by atoms with E-state index in [-0.39, 0.29) is 12.5 Å². The highest BCUT2D eigenvalue weighted by molar-refractivity contribution is 5.91. The zero-order chi connectivity index (χ0) is 18.5. The molecule has 0 radical (unpaired) electrons. The zero-order valence-corrected chi connectivity index (χ0v) is 15.7. The van der Waals surface area contributed by atoms with Gasteiger partial charge >= 0.3 is 0 Å². The van der Waals surface area contributed by atoms with Crippen LogP contribution in [0.2, 0.25) is 0 Å². The summed E-state index contributed by atoms with van der Waals surface area (Å²) in [7, 11) is 0. The number of rotatable bonds is 6. The molecule has 2 aromatic carbocycles. The van der Waals surface area contributed by atoms with Gasteiger partial charge in [0.1, 0.15) is 11.5 Å². The second-order valence-electron chi connectivity index (χ2n) is 7.52. The van der Waals surface area contributed by atoms with Gasteiger partial charge < -0.3 is 14.8 Å². The van der Waals surface area contributed by atoms with Crippen molar-refractivity contribution in [3.8, 4) is 11.5 Å². The molecule has 0 unspecified atom stereocenters. The van der Waals surface area contributed by atoms with E-state index in [9.17, 15) is 4.79 Å². The Kier molecular flexibility index (Phi) is 5.61. The standard InChI is InChI=1S/C23H27NO3/c25-23(16-26-22-12-9-17-5-1-2-6-18(17)15-22)24-19-10-13-21(14-11-19)27-20-7-3-4-8-20/h9-15,20H,1-8,16H2,(H,24,25). The minimum atomic E-state index is -0.155. The number of carbonyl (C=O) groups is 1. The van der Waals surface area contributed by atoms with Gasteiger partial charge in [-0.3, -0.25) is 4.79 Å². The van der Waals surface area contributed by atoms with Crippen molar-refractivity contribution in [3.63, 3.8) is 0 Å². The third-order valence-electron chi connectivity index (χ3n) is 5.43. The number of amides is 1. The second kappa shape index (κ2) is 8.47. The quantitative estimate of drug-likeness (QED) is 0.792. The molecule has 4 rings (SSSR count). The zero-order valence-electron chi connectivity index (χ0n) is 15.7. The molecule has 0 bridgehead atoms. The summed E-state index contributed by atoms with van der Waals surface area (Å²) in [5, 5.41) is 2.88. The van der Waals surface area contributed by atoms with Crippen LogP contribution >= 0.6 is 0 Å². The molecule has 0 saturated heterocycles. The van der Waals surface area contributed by atoms with E-state index < -0.39 is 0 Å². The second-order valence-corrected chi connectivity index (χ2v) is 7.52. The average Bonchev–Trinajstić information content (AvgIpc) is 3.21. The number of ether oxygens (including phenoxy) is 2. The third-order valence-corrected chi connectivity index (χ3v) is 5.43. The van der Waals surface area contributed by atoms with Gasteiger partial charge in [0.15, 0.2) is 6.61 Å². The summed E-state index contributed by atoms with van der Waals surface area (Å²) in [5.41, 5.74) is 3.53. The summed E-state index contributed by atoms with van der Waals surface area (Å²) in [6.45, 7) is 0.0130. The summed E-state index contributed by atoms with van der Waals surface area (Å²) in [5.74, 6) is 1.48. The van der Waals surface area contributed by atoms with Crippen LogP contribution in [-0.2, 0) is 17.6 Å². The lowest BCUT2D eigenvalue weighted by Crippen LogP contribution is -2.20. The number of anilines is 1. The van der Waals surface area contributed by atoms with E-state index >= 15 is 0 Å². The molecular formula is C23H27NO3. The smallest absolute Gasteiger partial charge is 0.262 e. The number of nitrogens with one attached hydrogen (secondary N) is 1. The van der Waals surface area contributed by atoms with Crippen molar-refractivity contribution in [1.29, 1.82) is 0 Å². The van der Waals surface area contributed by atoms with E-state index in [1.807, 2.05) is 30.3 Å². The first-order valence-electron chi connectivity index (χ1n) is 10.1. The molecule has 4 nitrogen and oxygen atoms in total. The highest BCUT2D eigenvalue weighted by Crippen LogP contribution is 2.26. The first-order chi connectivity index (χ1) is 13.3. The summed E-state index contributed by atoms with van der Waals surface area (Å²) in [6.07, 6.45) is 9.88. The lowest BCUT2D eigenvalue weighted by molar-refractivity contribution is -0.118. The minimum Gasteiger partial charge on any atom is -0.490 e. The molecule has 1 N–H and O–H groups in total. The van der Waals surface area contributed by atoms with Gasteiger partial charge in [-0.05, 0) is 98.9 Å². The van der Waals surface area contributed by atoms with Crippen LogP contribution in [0.1, 0.15) is 49.7 Å². The minimum absolute atomic E-state index is 0.0130. The largest absolute Gasteiger partial charge is 0.490 e. The normalized spacial score (nSPS) is 16.6. The van der Waals surface area contributed by atoms with Crippen LogP contribution < -0.4 is 14.8 Å². The van der Waals surface area contributed by atoms with Crippen molar-refractivity contribution in [2.75, 3.05) is 11.9 Å². The van der Waals surface area contributed by atoms with E-state index in [0.29, 0.717) is 6.10 Å². The molecule has 1 amide bonds. The molecule has 0 atom stereocenters. The van der Waals surface area contributed by atoms with Gasteiger partial charge in [-0.2, -0.15) is 0 Å². The van der Waals surface area contributed by atoms with E-state index in [4.69, 9.17) is 9.47 Å². The molecule has 2 aromatic rings. The Morgan fingerprint density at radius 3 is 2.37 bits per heavy atom. The van der Waals surface area contributed by atoms with Crippen LogP contribution in [0.3, 0.4) is 0 Å². The molecular weight excluding hydrogens is 338 g/mol. The van der Waals surface area contributed by atoms with Crippen molar-refractivity contribution in [2.24, 2.45) is 0 Å². The van der Waals surface area contributed by atoms with Crippen LogP contribution in [0.25, 0.3) is 0 Å². The fourth-order valence-electron chi connectivity index (χ4n) is 3.96. The lowest BCUT2D eigenvalue weighted by atomic mass is 9.92. The molecule has 2 aliphatic rings. The maximum atomic E-state index is 12.2. The van der Waals surface area contributed by atoms with E-state index in [0.717, 1.165) is 42.9 Å². The number of hydrogen-bond acceptors (Lipinski definition) is 3. The van der Waals surface area contributed by atoms with Crippen molar-refractivity contribution in [1.82, 2.24) is 0 Å². The molecule has 142 valence electrons. The van der Waals surface area contributed by atoms with Crippen LogP contribution in [-0.4, -0.2) is 18.6 Å². The van der Waals surface area contributed by atoms with Gasteiger partial charge in [0.25, 0.3) is 5.91 Å². The fraction of sp³-hybridized carbons (Fsp3) is 0.435. The monoisotopic (exact) mass is 365 g/mol. The summed E-state index contributed by atoms with van der Waals surface area (Å²) in [6, 6.07) is 13.8. The molecule has 0 spiro atoms. The predicted molar refractivity (Wildman–Crippen MR) is 107 cm³/mol. The Labute approximate surface area is 160 Å². The molecule has 0 heterocycles. The van der Waals surface area contributed by atoms with Crippen molar-refractivity contribution < 1.29 is 14.3 Å². The van der Waals surface area contributed by atoms with Crippen LogP contribution in [0.15, 0.2) is 42.5 Å². The maximum absolute atomic E-state index is 12.2. The summed E-state index contributed by atoms with van der Waals surface area (Å²) in [4.78, 5) is 12.2. The summed E-state index contributed by atoms with van der Waals surface area (Å²) >= 11 is 0. The van der Waals surface area contributed by atoms with E-state index in [2.05, 4.69) is 17.4 Å². The van der Waals surface area contributed by atoms with Gasteiger partial charge in [-0.25, -0.2) is 0 Å². The Bertz CT molecular complexity index is 779. The van der Waals surface area contributed by atoms with Crippen LogP contribution in [0, 0.1) is 0 Å². The fourth-order valence-corrected chi connectivity index (χ4v) is 3.96. The SMILES string of the molecule is O=C(COc1ccc2c(c1)CCCC2)Nc1ccc(OC2CCCC2)cc1. The van der Waals surface area contributed by atoms with Gasteiger partial charge in [-0.1, -0.05) is 6.07 Å². The van der Waals surface area contributed by atoms with Crippen molar-refractivity contribution >= 4 is 11.6 Å². The van der Waals surface area contributed by atoms with E-state index in [1.54, 1.807) is 0 Å². The van der Waals surface area contributed by atoms with Gasteiger partial charge in [0.2, 0.25) is 0 Å². The highest BCUT2D eigenvalue weighted by Gasteiger charge is 2.16. The molecule has 1 saturated carbocycles. The van der Waals surface area contributed by atoms with Gasteiger partial charge in [-0.15, -0.1) is 0 Å². The molecule has 2 aliphatic carbocycles. The van der Waals surface area contributed by atoms with Gasteiger partial charge in [0.05, 0.1) is 6.10 Å².